The van der Waals surface area contributed by atoms with Gasteiger partial charge in [-0.1, -0.05) is 11.6 Å². The molecule has 0 aliphatic carbocycles. The standard InChI is InChI=1S/C18H27ClN4O2.HI/c1-4-20-18(23-11-9-22(10-12-23)15(3)24)21-13-14(2)25-17-7-5-16(19)6-8-17;/h5-8,14H,4,9-13H2,1-3H3,(H,20,21);1H. The molecule has 1 aromatic carbocycles. The van der Waals surface area contributed by atoms with Crippen molar-refractivity contribution < 1.29 is 9.53 Å². The van der Waals surface area contributed by atoms with Crippen molar-refractivity contribution in [1.82, 2.24) is 15.1 Å². The summed E-state index contributed by atoms with van der Waals surface area (Å²) >= 11 is 5.89. The maximum Gasteiger partial charge on any atom is 0.219 e. The second-order valence-electron chi connectivity index (χ2n) is 6.07. The molecule has 1 amide bonds. The molecule has 26 heavy (non-hydrogen) atoms. The highest BCUT2D eigenvalue weighted by molar-refractivity contribution is 14.0. The fourth-order valence-corrected chi connectivity index (χ4v) is 2.78. The van der Waals surface area contributed by atoms with Gasteiger partial charge in [-0.3, -0.25) is 4.79 Å². The van der Waals surface area contributed by atoms with Crippen LogP contribution >= 0.6 is 35.6 Å². The molecule has 0 spiro atoms. The van der Waals surface area contributed by atoms with E-state index in [1.165, 1.54) is 0 Å². The number of carbonyl (C=O) groups excluding carboxylic acids is 1. The smallest absolute Gasteiger partial charge is 0.219 e. The van der Waals surface area contributed by atoms with Crippen LogP contribution in [0.15, 0.2) is 29.3 Å². The van der Waals surface area contributed by atoms with E-state index >= 15 is 0 Å². The third-order valence-electron chi connectivity index (χ3n) is 4.01. The highest BCUT2D eigenvalue weighted by Gasteiger charge is 2.21. The highest BCUT2D eigenvalue weighted by Crippen LogP contribution is 2.16. The number of piperazine rings is 1. The number of hydrogen-bond acceptors (Lipinski definition) is 3. The Morgan fingerprint density at radius 1 is 1.23 bits per heavy atom. The fraction of sp³-hybridized carbons (Fsp3) is 0.556. The van der Waals surface area contributed by atoms with E-state index in [2.05, 4.69) is 17.1 Å². The molecule has 1 unspecified atom stereocenters. The Bertz CT molecular complexity index is 589. The summed E-state index contributed by atoms with van der Waals surface area (Å²) in [6, 6.07) is 7.33. The van der Waals surface area contributed by atoms with E-state index in [0.29, 0.717) is 11.6 Å². The molecule has 0 aromatic heterocycles. The topological polar surface area (TPSA) is 57.2 Å². The molecular formula is C18H28ClIN4O2. The molecule has 0 radical (unpaired) electrons. The van der Waals surface area contributed by atoms with Gasteiger partial charge in [-0.15, -0.1) is 24.0 Å². The zero-order valence-corrected chi connectivity index (χ0v) is 18.7. The Morgan fingerprint density at radius 2 is 1.81 bits per heavy atom. The van der Waals surface area contributed by atoms with Crippen molar-refractivity contribution in [3.63, 3.8) is 0 Å². The van der Waals surface area contributed by atoms with E-state index in [9.17, 15) is 4.79 Å². The van der Waals surface area contributed by atoms with Gasteiger partial charge in [-0.25, -0.2) is 4.99 Å². The van der Waals surface area contributed by atoms with Gasteiger partial charge in [0.1, 0.15) is 11.9 Å². The van der Waals surface area contributed by atoms with E-state index < -0.39 is 0 Å². The molecule has 0 bridgehead atoms. The SMILES string of the molecule is CCNC(=NCC(C)Oc1ccc(Cl)cc1)N1CCN(C(C)=O)CC1.I. The van der Waals surface area contributed by atoms with Crippen molar-refractivity contribution in [2.45, 2.75) is 26.9 Å². The third kappa shape index (κ3) is 7.19. The number of benzene rings is 1. The lowest BCUT2D eigenvalue weighted by molar-refractivity contribution is -0.130. The number of amides is 1. The maximum absolute atomic E-state index is 11.4. The van der Waals surface area contributed by atoms with Crippen LogP contribution in [0.1, 0.15) is 20.8 Å². The van der Waals surface area contributed by atoms with Crippen LogP contribution in [0, 0.1) is 0 Å². The van der Waals surface area contributed by atoms with Crippen molar-refractivity contribution >= 4 is 47.4 Å². The van der Waals surface area contributed by atoms with Gasteiger partial charge in [0.05, 0.1) is 6.54 Å². The molecule has 1 aliphatic rings. The van der Waals surface area contributed by atoms with E-state index in [4.69, 9.17) is 21.3 Å². The van der Waals surface area contributed by atoms with E-state index in [0.717, 1.165) is 44.4 Å². The van der Waals surface area contributed by atoms with Crippen LogP contribution < -0.4 is 10.1 Å². The van der Waals surface area contributed by atoms with Crippen LogP contribution in [0.4, 0.5) is 0 Å². The van der Waals surface area contributed by atoms with E-state index in [-0.39, 0.29) is 36.0 Å². The number of rotatable bonds is 5. The molecule has 8 heteroatoms. The molecular weight excluding hydrogens is 467 g/mol. The predicted molar refractivity (Wildman–Crippen MR) is 117 cm³/mol. The molecule has 1 aliphatic heterocycles. The van der Waals surface area contributed by atoms with Crippen LogP contribution in [0.5, 0.6) is 5.75 Å². The number of nitrogens with one attached hydrogen (secondary N) is 1. The number of halogens is 2. The third-order valence-corrected chi connectivity index (χ3v) is 4.26. The number of hydrogen-bond donors (Lipinski definition) is 1. The number of aliphatic imine (C=N–C) groups is 1. The average molecular weight is 495 g/mol. The second kappa shape index (κ2) is 11.5. The Balaban J connectivity index is 0.00000338. The summed E-state index contributed by atoms with van der Waals surface area (Å²) in [7, 11) is 0. The lowest BCUT2D eigenvalue weighted by atomic mass is 10.3. The second-order valence-corrected chi connectivity index (χ2v) is 6.51. The van der Waals surface area contributed by atoms with E-state index in [1.54, 1.807) is 6.92 Å². The quantitative estimate of drug-likeness (QED) is 0.389. The monoisotopic (exact) mass is 494 g/mol. The van der Waals surface area contributed by atoms with Gasteiger partial charge in [0.2, 0.25) is 5.91 Å². The summed E-state index contributed by atoms with van der Waals surface area (Å²) in [5.74, 6) is 1.79. The Kier molecular flexibility index (Phi) is 10.1. The minimum Gasteiger partial charge on any atom is -0.489 e. The van der Waals surface area contributed by atoms with Crippen LogP contribution in [0.2, 0.25) is 5.02 Å². The molecule has 1 saturated heterocycles. The molecule has 1 fully saturated rings. The van der Waals surface area contributed by atoms with Gasteiger partial charge in [0.25, 0.3) is 0 Å². The summed E-state index contributed by atoms with van der Waals surface area (Å²) in [5.41, 5.74) is 0. The normalized spacial score (nSPS) is 15.9. The molecule has 146 valence electrons. The number of guanidine groups is 1. The van der Waals surface area contributed by atoms with Crippen molar-refractivity contribution in [3.8, 4) is 5.75 Å². The van der Waals surface area contributed by atoms with Gasteiger partial charge in [-0.05, 0) is 38.1 Å². The van der Waals surface area contributed by atoms with Gasteiger partial charge < -0.3 is 19.9 Å². The molecule has 1 N–H and O–H groups in total. The first-order chi connectivity index (χ1) is 12.0. The summed E-state index contributed by atoms with van der Waals surface area (Å²) in [6.07, 6.45) is -0.0478. The fourth-order valence-electron chi connectivity index (χ4n) is 2.66. The Hall–Kier alpha value is -1.22. The summed E-state index contributed by atoms with van der Waals surface area (Å²) in [5, 5.41) is 4.01. The van der Waals surface area contributed by atoms with Crippen LogP contribution in [0.3, 0.4) is 0 Å². The first-order valence-corrected chi connectivity index (χ1v) is 9.08. The summed E-state index contributed by atoms with van der Waals surface area (Å²) < 4.78 is 5.87. The van der Waals surface area contributed by atoms with E-state index in [1.807, 2.05) is 36.1 Å². The van der Waals surface area contributed by atoms with Gasteiger partial charge in [-0.2, -0.15) is 0 Å². The zero-order chi connectivity index (χ0) is 18.2. The number of ether oxygens (including phenoxy) is 1. The largest absolute Gasteiger partial charge is 0.489 e. The summed E-state index contributed by atoms with van der Waals surface area (Å²) in [6.45, 7) is 10.1. The van der Waals surface area contributed by atoms with Gasteiger partial charge in [0.15, 0.2) is 5.96 Å². The van der Waals surface area contributed by atoms with Crippen molar-refractivity contribution in [2.24, 2.45) is 4.99 Å². The van der Waals surface area contributed by atoms with Crippen molar-refractivity contribution in [2.75, 3.05) is 39.3 Å². The summed E-state index contributed by atoms with van der Waals surface area (Å²) in [4.78, 5) is 20.2. The Morgan fingerprint density at radius 3 is 2.35 bits per heavy atom. The predicted octanol–water partition coefficient (Wildman–Crippen LogP) is 2.85. The molecule has 6 nitrogen and oxygen atoms in total. The van der Waals surface area contributed by atoms with Gasteiger partial charge >= 0.3 is 0 Å². The van der Waals surface area contributed by atoms with Crippen molar-refractivity contribution in [3.05, 3.63) is 29.3 Å². The van der Waals surface area contributed by atoms with Crippen LogP contribution in [-0.4, -0.2) is 67.0 Å². The molecule has 0 saturated carbocycles. The van der Waals surface area contributed by atoms with Gasteiger partial charge in [0, 0.05) is 44.7 Å². The van der Waals surface area contributed by atoms with Crippen molar-refractivity contribution in [1.29, 1.82) is 0 Å². The minimum atomic E-state index is -0.0478. The molecule has 1 heterocycles. The molecule has 1 atom stereocenters. The van der Waals surface area contributed by atoms with Crippen LogP contribution in [0.25, 0.3) is 0 Å². The first-order valence-electron chi connectivity index (χ1n) is 8.70. The lowest BCUT2D eigenvalue weighted by Crippen LogP contribution is -2.53. The lowest BCUT2D eigenvalue weighted by Gasteiger charge is -2.36. The van der Waals surface area contributed by atoms with Crippen LogP contribution in [-0.2, 0) is 4.79 Å². The number of nitrogens with zero attached hydrogens (tertiary/aromatic N) is 3. The minimum absolute atomic E-state index is 0. The zero-order valence-electron chi connectivity index (χ0n) is 15.6. The number of carbonyl (C=O) groups is 1. The average Bonchev–Trinajstić information content (AvgIpc) is 2.60. The first kappa shape index (κ1) is 22.8. The Labute approximate surface area is 177 Å². The maximum atomic E-state index is 11.4. The highest BCUT2D eigenvalue weighted by atomic mass is 127. The molecule has 2 rings (SSSR count). The molecule has 1 aromatic rings.